The van der Waals surface area contributed by atoms with Gasteiger partial charge in [0.2, 0.25) is 5.91 Å². The highest BCUT2D eigenvalue weighted by molar-refractivity contribution is 7.11. The molecule has 1 amide bonds. The lowest BCUT2D eigenvalue weighted by Crippen LogP contribution is -2.55. The van der Waals surface area contributed by atoms with Crippen LogP contribution in [0.1, 0.15) is 22.6 Å². The van der Waals surface area contributed by atoms with Crippen LogP contribution in [0.25, 0.3) is 0 Å². The molecule has 23 heavy (non-hydrogen) atoms. The van der Waals surface area contributed by atoms with Crippen LogP contribution in [0.15, 0.2) is 24.3 Å². The number of likely N-dealkylation sites (N-methyl/N-ethyl adjacent to an activating group) is 1. The molecule has 3 heterocycles. The van der Waals surface area contributed by atoms with Crippen molar-refractivity contribution in [2.45, 2.75) is 38.4 Å². The SMILES string of the molecule is Cc1ccc(CN2CC3CCC(C2)N3C(=O)/C=C/CN(C)C)s1. The summed E-state index contributed by atoms with van der Waals surface area (Å²) >= 11 is 1.89. The number of hydrogen-bond acceptors (Lipinski definition) is 4. The van der Waals surface area contributed by atoms with Gasteiger partial charge in [-0.15, -0.1) is 11.3 Å². The van der Waals surface area contributed by atoms with Crippen molar-refractivity contribution in [3.05, 3.63) is 34.0 Å². The third-order valence-corrected chi connectivity index (χ3v) is 5.70. The number of fused-ring (bicyclic) bond motifs is 2. The minimum absolute atomic E-state index is 0.200. The first-order chi connectivity index (χ1) is 11.0. The normalized spacial score (nSPS) is 25.0. The van der Waals surface area contributed by atoms with Gasteiger partial charge in [0.15, 0.2) is 0 Å². The summed E-state index contributed by atoms with van der Waals surface area (Å²) in [5.74, 6) is 0.200. The molecule has 0 aliphatic carbocycles. The molecule has 126 valence electrons. The van der Waals surface area contributed by atoms with Crippen molar-refractivity contribution >= 4 is 17.2 Å². The number of hydrogen-bond donors (Lipinski definition) is 0. The number of thiophene rings is 1. The molecule has 0 aromatic carbocycles. The van der Waals surface area contributed by atoms with Crippen LogP contribution in [0.2, 0.25) is 0 Å². The summed E-state index contributed by atoms with van der Waals surface area (Å²) in [6.45, 7) is 6.04. The average molecular weight is 334 g/mol. The Morgan fingerprint density at radius 2 is 2.00 bits per heavy atom. The monoisotopic (exact) mass is 333 g/mol. The standard InChI is InChI=1S/C18H27N3OS/c1-14-6-9-17(23-14)13-20-11-15-7-8-16(12-20)21(15)18(22)5-4-10-19(2)3/h4-6,9,15-16H,7-8,10-13H2,1-3H3/b5-4+. The van der Waals surface area contributed by atoms with E-state index in [0.29, 0.717) is 12.1 Å². The van der Waals surface area contributed by atoms with Crippen LogP contribution >= 0.6 is 11.3 Å². The zero-order chi connectivity index (χ0) is 16.4. The fourth-order valence-corrected chi connectivity index (χ4v) is 4.65. The fraction of sp³-hybridized carbons (Fsp3) is 0.611. The minimum Gasteiger partial charge on any atom is -0.331 e. The molecule has 2 unspecified atom stereocenters. The number of likely N-dealkylation sites (tertiary alicyclic amines) is 1. The zero-order valence-electron chi connectivity index (χ0n) is 14.4. The molecule has 2 saturated heterocycles. The third-order valence-electron chi connectivity index (χ3n) is 4.72. The molecule has 0 spiro atoms. The third kappa shape index (κ3) is 4.03. The Balaban J connectivity index is 1.58. The van der Waals surface area contributed by atoms with E-state index in [1.54, 1.807) is 6.08 Å². The molecule has 2 aliphatic rings. The van der Waals surface area contributed by atoms with Crippen LogP contribution in [0.3, 0.4) is 0 Å². The van der Waals surface area contributed by atoms with Gasteiger partial charge in [0, 0.05) is 54.1 Å². The summed E-state index contributed by atoms with van der Waals surface area (Å²) < 4.78 is 0. The summed E-state index contributed by atoms with van der Waals surface area (Å²) in [5, 5.41) is 0. The molecule has 3 rings (SSSR count). The van der Waals surface area contributed by atoms with Crippen molar-refractivity contribution in [2.75, 3.05) is 33.7 Å². The maximum absolute atomic E-state index is 12.5. The molecule has 5 heteroatoms. The molecular weight excluding hydrogens is 306 g/mol. The minimum atomic E-state index is 0.200. The molecule has 0 radical (unpaired) electrons. The molecule has 2 aliphatic heterocycles. The summed E-state index contributed by atoms with van der Waals surface area (Å²) in [4.78, 5) is 22.1. The number of aryl methyl sites for hydroxylation is 1. The van der Waals surface area contributed by atoms with Crippen molar-refractivity contribution in [1.29, 1.82) is 0 Å². The smallest absolute Gasteiger partial charge is 0.246 e. The van der Waals surface area contributed by atoms with Crippen molar-refractivity contribution in [2.24, 2.45) is 0 Å². The van der Waals surface area contributed by atoms with Gasteiger partial charge in [-0.1, -0.05) is 6.08 Å². The maximum Gasteiger partial charge on any atom is 0.246 e. The van der Waals surface area contributed by atoms with Crippen LogP contribution in [0.4, 0.5) is 0 Å². The first-order valence-corrected chi connectivity index (χ1v) is 9.26. The molecule has 0 N–H and O–H groups in total. The zero-order valence-corrected chi connectivity index (χ0v) is 15.2. The van der Waals surface area contributed by atoms with Crippen LogP contribution < -0.4 is 0 Å². The summed E-state index contributed by atoms with van der Waals surface area (Å²) in [6, 6.07) is 5.23. The van der Waals surface area contributed by atoms with E-state index in [4.69, 9.17) is 0 Å². The Labute approximate surface area is 143 Å². The highest BCUT2D eigenvalue weighted by atomic mass is 32.1. The van der Waals surface area contributed by atoms with Crippen LogP contribution in [-0.2, 0) is 11.3 Å². The second kappa shape index (κ2) is 7.16. The first-order valence-electron chi connectivity index (χ1n) is 8.44. The predicted octanol–water partition coefficient (Wildman–Crippen LogP) is 2.35. The maximum atomic E-state index is 12.5. The Bertz CT molecular complexity index is 567. The van der Waals surface area contributed by atoms with Gasteiger partial charge < -0.3 is 9.80 Å². The first kappa shape index (κ1) is 16.7. The van der Waals surface area contributed by atoms with Crippen LogP contribution in [0, 0.1) is 6.92 Å². The van der Waals surface area contributed by atoms with Crippen LogP contribution in [-0.4, -0.2) is 66.4 Å². The summed E-state index contributed by atoms with van der Waals surface area (Å²) in [5.41, 5.74) is 0. The number of amides is 1. The van der Waals surface area contributed by atoms with Crippen molar-refractivity contribution in [3.63, 3.8) is 0 Å². The van der Waals surface area contributed by atoms with Gasteiger partial charge in [-0.2, -0.15) is 0 Å². The highest BCUT2D eigenvalue weighted by Gasteiger charge is 2.41. The topological polar surface area (TPSA) is 26.8 Å². The van der Waals surface area contributed by atoms with Crippen molar-refractivity contribution in [3.8, 4) is 0 Å². The van der Waals surface area contributed by atoms with E-state index in [0.717, 1.165) is 39.0 Å². The molecule has 4 nitrogen and oxygen atoms in total. The van der Waals surface area contributed by atoms with E-state index in [-0.39, 0.29) is 5.91 Å². The van der Waals surface area contributed by atoms with Gasteiger partial charge in [0.05, 0.1) is 0 Å². The Kier molecular flexibility index (Phi) is 5.19. The fourth-order valence-electron chi connectivity index (χ4n) is 3.72. The van der Waals surface area contributed by atoms with Gasteiger partial charge in [0.1, 0.15) is 0 Å². The van der Waals surface area contributed by atoms with Gasteiger partial charge in [-0.25, -0.2) is 0 Å². The van der Waals surface area contributed by atoms with Crippen molar-refractivity contribution in [1.82, 2.24) is 14.7 Å². The van der Waals surface area contributed by atoms with E-state index in [1.807, 2.05) is 31.5 Å². The van der Waals surface area contributed by atoms with E-state index < -0.39 is 0 Å². The van der Waals surface area contributed by atoms with Gasteiger partial charge in [-0.3, -0.25) is 9.69 Å². The number of piperazine rings is 1. The van der Waals surface area contributed by atoms with Crippen LogP contribution in [0.5, 0.6) is 0 Å². The summed E-state index contributed by atoms with van der Waals surface area (Å²) in [6.07, 6.45) is 6.04. The number of nitrogens with zero attached hydrogens (tertiary/aromatic N) is 3. The second-order valence-corrected chi connectivity index (χ2v) is 8.37. The quantitative estimate of drug-likeness (QED) is 0.774. The van der Waals surface area contributed by atoms with Crippen molar-refractivity contribution < 1.29 is 4.79 Å². The lowest BCUT2D eigenvalue weighted by atomic mass is 10.1. The predicted molar refractivity (Wildman–Crippen MR) is 95.7 cm³/mol. The number of carbonyl (C=O) groups excluding carboxylic acids is 1. The largest absolute Gasteiger partial charge is 0.331 e. The van der Waals surface area contributed by atoms with Gasteiger partial charge in [0.25, 0.3) is 0 Å². The lowest BCUT2D eigenvalue weighted by Gasteiger charge is -2.40. The van der Waals surface area contributed by atoms with Gasteiger partial charge in [-0.05, 0) is 46.0 Å². The Morgan fingerprint density at radius 1 is 1.30 bits per heavy atom. The molecule has 0 saturated carbocycles. The van der Waals surface area contributed by atoms with Gasteiger partial charge >= 0.3 is 0 Å². The molecule has 2 bridgehead atoms. The average Bonchev–Trinajstić information content (AvgIpc) is 3.00. The molecule has 1 aromatic rings. The van der Waals surface area contributed by atoms with E-state index in [9.17, 15) is 4.79 Å². The molecular formula is C18H27N3OS. The molecule has 1 aromatic heterocycles. The molecule has 2 atom stereocenters. The Hall–Kier alpha value is -1.17. The van der Waals surface area contributed by atoms with E-state index in [1.165, 1.54) is 9.75 Å². The number of rotatable bonds is 5. The highest BCUT2D eigenvalue weighted by Crippen LogP contribution is 2.31. The van der Waals surface area contributed by atoms with E-state index in [2.05, 4.69) is 33.8 Å². The second-order valence-electron chi connectivity index (χ2n) is 7.00. The van der Waals surface area contributed by atoms with E-state index >= 15 is 0 Å². The Morgan fingerprint density at radius 3 is 2.57 bits per heavy atom. The number of carbonyl (C=O) groups is 1. The summed E-state index contributed by atoms with van der Waals surface area (Å²) in [7, 11) is 4.03. The lowest BCUT2D eigenvalue weighted by molar-refractivity contribution is -0.131. The molecule has 2 fully saturated rings.